The third-order valence-electron chi connectivity index (χ3n) is 0.907. The van der Waals surface area contributed by atoms with Crippen molar-refractivity contribution >= 4 is 5.91 Å². The molecule has 2 nitrogen and oxygen atoms in total. The van der Waals surface area contributed by atoms with Crippen LogP contribution in [0.3, 0.4) is 0 Å². The van der Waals surface area contributed by atoms with Gasteiger partial charge < -0.3 is 4.90 Å². The van der Waals surface area contributed by atoms with Crippen LogP contribution in [0.4, 0.5) is 0 Å². The van der Waals surface area contributed by atoms with E-state index in [4.69, 9.17) is 6.42 Å². The minimum atomic E-state index is -0.236. The Morgan fingerprint density at radius 3 is 2.70 bits per heavy atom. The number of nitrogens with zero attached hydrogens (tertiary/aromatic N) is 1. The first-order valence-corrected chi connectivity index (χ1v) is 2.83. The Bertz CT molecular complexity index is 214. The molecular weight excluding hydrogens is 126 g/mol. The fourth-order valence-electron chi connectivity index (χ4n) is 0.411. The summed E-state index contributed by atoms with van der Waals surface area (Å²) in [5.74, 6) is 6.98. The van der Waals surface area contributed by atoms with Crippen molar-refractivity contribution in [1.29, 1.82) is 0 Å². The number of rotatable bonds is 1. The molecule has 0 aromatic carbocycles. The molecule has 0 aliphatic carbocycles. The zero-order valence-electron chi connectivity index (χ0n) is 6.14. The average Bonchev–Trinajstić information content (AvgIpc) is 1.89. The Kier molecular flexibility index (Phi) is 3.84. The molecule has 0 aliphatic rings. The largest absolute Gasteiger partial charge is 0.324 e. The quantitative estimate of drug-likeness (QED) is 0.467. The molecule has 0 spiro atoms. The van der Waals surface area contributed by atoms with Crippen LogP contribution in [0.15, 0.2) is 0 Å². The molecule has 0 unspecified atom stereocenters. The number of hydrogen-bond donors (Lipinski definition) is 0. The third-order valence-corrected chi connectivity index (χ3v) is 0.907. The van der Waals surface area contributed by atoms with E-state index in [0.717, 1.165) is 0 Å². The minimum Gasteiger partial charge on any atom is -0.324 e. The van der Waals surface area contributed by atoms with Gasteiger partial charge in [-0.25, -0.2) is 0 Å². The maximum Gasteiger partial charge on any atom is 0.298 e. The fraction of sp³-hybridized carbons (Fsp3) is 0.375. The predicted molar refractivity (Wildman–Crippen MR) is 39.9 cm³/mol. The lowest BCUT2D eigenvalue weighted by Gasteiger charge is -2.07. The zero-order chi connectivity index (χ0) is 7.98. The summed E-state index contributed by atoms with van der Waals surface area (Å²) in [6, 6.07) is 0. The first-order chi connectivity index (χ1) is 4.72. The summed E-state index contributed by atoms with van der Waals surface area (Å²) in [4.78, 5) is 12.2. The van der Waals surface area contributed by atoms with Gasteiger partial charge in [0.1, 0.15) is 0 Å². The van der Waals surface area contributed by atoms with Gasteiger partial charge in [0.15, 0.2) is 0 Å². The van der Waals surface area contributed by atoms with Gasteiger partial charge in [0.05, 0.1) is 6.54 Å². The Hall–Kier alpha value is -1.41. The fourth-order valence-corrected chi connectivity index (χ4v) is 0.411. The van der Waals surface area contributed by atoms with E-state index >= 15 is 0 Å². The molecule has 0 rings (SSSR count). The van der Waals surface area contributed by atoms with E-state index in [9.17, 15) is 4.79 Å². The van der Waals surface area contributed by atoms with Gasteiger partial charge in [-0.1, -0.05) is 11.8 Å². The van der Waals surface area contributed by atoms with Gasteiger partial charge in [-0.15, -0.1) is 6.42 Å². The lowest BCUT2D eigenvalue weighted by atomic mass is 10.5. The van der Waals surface area contributed by atoms with E-state index in [0.29, 0.717) is 6.54 Å². The molecular formula is C8H9NO. The van der Waals surface area contributed by atoms with Gasteiger partial charge in [0, 0.05) is 7.05 Å². The molecule has 0 radical (unpaired) electrons. The molecule has 0 bridgehead atoms. The predicted octanol–water partition coefficient (Wildman–Crippen LogP) is 0.101. The van der Waals surface area contributed by atoms with E-state index in [2.05, 4.69) is 17.8 Å². The minimum absolute atomic E-state index is 0.236. The van der Waals surface area contributed by atoms with E-state index in [1.54, 1.807) is 14.0 Å². The van der Waals surface area contributed by atoms with Crippen molar-refractivity contribution in [3.63, 3.8) is 0 Å². The molecule has 10 heavy (non-hydrogen) atoms. The maximum atomic E-state index is 10.8. The number of carbonyl (C=O) groups is 1. The molecule has 0 heterocycles. The molecule has 0 aromatic heterocycles. The summed E-state index contributed by atoms with van der Waals surface area (Å²) in [6.45, 7) is 1.93. The Morgan fingerprint density at radius 2 is 2.30 bits per heavy atom. The van der Waals surface area contributed by atoms with Crippen LogP contribution < -0.4 is 0 Å². The molecule has 0 saturated carbocycles. The molecule has 0 N–H and O–H groups in total. The highest BCUT2D eigenvalue weighted by Gasteiger charge is 2.00. The monoisotopic (exact) mass is 135 g/mol. The van der Waals surface area contributed by atoms with Crippen LogP contribution in [0.25, 0.3) is 0 Å². The molecule has 0 saturated heterocycles. The Balaban J connectivity index is 3.93. The topological polar surface area (TPSA) is 20.3 Å². The molecule has 0 fully saturated rings. The lowest BCUT2D eigenvalue weighted by Crippen LogP contribution is -2.25. The van der Waals surface area contributed by atoms with Crippen molar-refractivity contribution in [2.45, 2.75) is 6.92 Å². The van der Waals surface area contributed by atoms with Crippen LogP contribution >= 0.6 is 0 Å². The van der Waals surface area contributed by atoms with E-state index in [1.165, 1.54) is 4.90 Å². The summed E-state index contributed by atoms with van der Waals surface area (Å²) in [7, 11) is 1.62. The van der Waals surface area contributed by atoms with Gasteiger partial charge in [0.25, 0.3) is 5.91 Å². The van der Waals surface area contributed by atoms with Crippen LogP contribution in [-0.4, -0.2) is 24.4 Å². The smallest absolute Gasteiger partial charge is 0.298 e. The second kappa shape index (κ2) is 4.47. The van der Waals surface area contributed by atoms with Crippen LogP contribution in [-0.2, 0) is 4.79 Å². The van der Waals surface area contributed by atoms with E-state index < -0.39 is 0 Å². The van der Waals surface area contributed by atoms with Crippen molar-refractivity contribution in [2.24, 2.45) is 0 Å². The van der Waals surface area contributed by atoms with Crippen LogP contribution in [0.5, 0.6) is 0 Å². The lowest BCUT2D eigenvalue weighted by molar-refractivity contribution is -0.123. The number of carbonyl (C=O) groups excluding carboxylic acids is 1. The second-order valence-corrected chi connectivity index (χ2v) is 1.74. The average molecular weight is 135 g/mol. The molecule has 52 valence electrons. The van der Waals surface area contributed by atoms with Gasteiger partial charge in [-0.3, -0.25) is 4.79 Å². The van der Waals surface area contributed by atoms with E-state index in [-0.39, 0.29) is 5.91 Å². The molecule has 0 aliphatic heterocycles. The highest BCUT2D eigenvalue weighted by molar-refractivity contribution is 5.93. The van der Waals surface area contributed by atoms with Gasteiger partial charge >= 0.3 is 0 Å². The number of amides is 1. The first-order valence-electron chi connectivity index (χ1n) is 2.83. The van der Waals surface area contributed by atoms with E-state index in [1.807, 2.05) is 0 Å². The SMILES string of the molecule is C#CCN(C)C(=O)C#CC. The summed E-state index contributed by atoms with van der Waals surface area (Å²) in [6.07, 6.45) is 4.97. The number of terminal acetylenes is 1. The highest BCUT2D eigenvalue weighted by Crippen LogP contribution is 1.79. The first kappa shape index (κ1) is 8.59. The van der Waals surface area contributed by atoms with Gasteiger partial charge in [-0.05, 0) is 12.8 Å². The summed E-state index contributed by atoms with van der Waals surface area (Å²) < 4.78 is 0. The van der Waals surface area contributed by atoms with Crippen molar-refractivity contribution in [3.8, 4) is 24.2 Å². The Morgan fingerprint density at radius 1 is 1.70 bits per heavy atom. The van der Waals surface area contributed by atoms with Crippen molar-refractivity contribution in [3.05, 3.63) is 0 Å². The van der Waals surface area contributed by atoms with Crippen molar-refractivity contribution in [2.75, 3.05) is 13.6 Å². The standard InChI is InChI=1S/C8H9NO/c1-4-6-8(10)9(3)7-5-2/h2H,7H2,1,3H3. The zero-order valence-corrected chi connectivity index (χ0v) is 6.14. The molecule has 1 amide bonds. The highest BCUT2D eigenvalue weighted by atomic mass is 16.2. The molecule has 0 atom stereocenters. The van der Waals surface area contributed by atoms with Crippen molar-refractivity contribution < 1.29 is 4.79 Å². The van der Waals surface area contributed by atoms with Crippen LogP contribution in [0, 0.1) is 24.2 Å². The molecule has 2 heteroatoms. The van der Waals surface area contributed by atoms with Gasteiger partial charge in [-0.2, -0.15) is 0 Å². The van der Waals surface area contributed by atoms with Crippen LogP contribution in [0.1, 0.15) is 6.92 Å². The van der Waals surface area contributed by atoms with Crippen molar-refractivity contribution in [1.82, 2.24) is 4.90 Å². The summed E-state index contributed by atoms with van der Waals surface area (Å²) in [5, 5.41) is 0. The maximum absolute atomic E-state index is 10.8. The number of hydrogen-bond acceptors (Lipinski definition) is 1. The summed E-state index contributed by atoms with van der Waals surface area (Å²) >= 11 is 0. The van der Waals surface area contributed by atoms with Gasteiger partial charge in [0.2, 0.25) is 0 Å². The van der Waals surface area contributed by atoms with Crippen LogP contribution in [0.2, 0.25) is 0 Å². The summed E-state index contributed by atoms with van der Waals surface area (Å²) in [5.41, 5.74) is 0. The Labute approximate surface area is 61.2 Å². The molecule has 0 aromatic rings. The normalized spacial score (nSPS) is 6.90. The third kappa shape index (κ3) is 2.79. The second-order valence-electron chi connectivity index (χ2n) is 1.74.